The van der Waals surface area contributed by atoms with E-state index >= 15 is 0 Å². The van der Waals surface area contributed by atoms with Gasteiger partial charge in [0.25, 0.3) is 0 Å². The van der Waals surface area contributed by atoms with Crippen molar-refractivity contribution in [2.24, 2.45) is 5.41 Å². The van der Waals surface area contributed by atoms with E-state index in [4.69, 9.17) is 4.74 Å². The van der Waals surface area contributed by atoms with Gasteiger partial charge in [0.05, 0.1) is 6.10 Å². The molecule has 0 bridgehead atoms. The number of ether oxygens (including phenoxy) is 1. The van der Waals surface area contributed by atoms with Crippen molar-refractivity contribution < 1.29 is 17.9 Å². The number of rotatable bonds is 5. The van der Waals surface area contributed by atoms with Crippen molar-refractivity contribution in [3.63, 3.8) is 0 Å². The molecule has 1 saturated heterocycles. The smallest absolute Gasteiger partial charge is 0.241 e. The van der Waals surface area contributed by atoms with Gasteiger partial charge in [0.1, 0.15) is 0 Å². The lowest BCUT2D eigenvalue weighted by atomic mass is 9.51. The van der Waals surface area contributed by atoms with Gasteiger partial charge in [0.2, 0.25) is 5.91 Å². The molecule has 2 saturated carbocycles. The summed E-state index contributed by atoms with van der Waals surface area (Å²) in [6.07, 6.45) is 6.22. The van der Waals surface area contributed by atoms with Crippen molar-refractivity contribution in [2.75, 3.05) is 26.0 Å². The fourth-order valence-electron chi connectivity index (χ4n) is 4.53. The summed E-state index contributed by atoms with van der Waals surface area (Å²) in [5, 5.41) is 6.23. The molecule has 2 atom stereocenters. The van der Waals surface area contributed by atoms with Crippen LogP contribution < -0.4 is 10.6 Å². The summed E-state index contributed by atoms with van der Waals surface area (Å²) < 4.78 is 29.2. The van der Waals surface area contributed by atoms with E-state index in [0.717, 1.165) is 25.7 Å². The van der Waals surface area contributed by atoms with E-state index in [1.165, 1.54) is 6.26 Å². The highest BCUT2D eigenvalue weighted by molar-refractivity contribution is 7.92. The second-order valence-corrected chi connectivity index (χ2v) is 9.63. The fraction of sp³-hybridized carbons (Fsp3) is 0.938. The highest BCUT2D eigenvalue weighted by Gasteiger charge is 2.60. The second-order valence-electron chi connectivity index (χ2n) is 7.31. The van der Waals surface area contributed by atoms with Crippen molar-refractivity contribution >= 4 is 15.7 Å². The highest BCUT2D eigenvalue weighted by atomic mass is 32.2. The molecule has 2 N–H and O–H groups in total. The van der Waals surface area contributed by atoms with Gasteiger partial charge in [0, 0.05) is 24.3 Å². The van der Waals surface area contributed by atoms with E-state index < -0.39 is 14.6 Å². The van der Waals surface area contributed by atoms with Gasteiger partial charge >= 0.3 is 0 Å². The van der Waals surface area contributed by atoms with E-state index in [1.807, 2.05) is 6.92 Å². The van der Waals surface area contributed by atoms with Gasteiger partial charge in [-0.2, -0.15) is 0 Å². The number of hydrogen-bond acceptors (Lipinski definition) is 5. The molecule has 0 aromatic carbocycles. The van der Waals surface area contributed by atoms with Crippen molar-refractivity contribution in [1.29, 1.82) is 0 Å². The van der Waals surface area contributed by atoms with Crippen LogP contribution in [0.5, 0.6) is 0 Å². The first-order chi connectivity index (χ1) is 10.9. The third kappa shape index (κ3) is 2.61. The molecule has 0 aromatic rings. The van der Waals surface area contributed by atoms with Crippen LogP contribution in [-0.2, 0) is 19.4 Å². The number of amides is 1. The molecule has 3 fully saturated rings. The van der Waals surface area contributed by atoms with E-state index in [2.05, 4.69) is 10.6 Å². The van der Waals surface area contributed by atoms with Crippen LogP contribution >= 0.6 is 0 Å². The van der Waals surface area contributed by atoms with Crippen molar-refractivity contribution in [1.82, 2.24) is 10.6 Å². The second kappa shape index (κ2) is 6.01. The van der Waals surface area contributed by atoms with Crippen LogP contribution in [-0.4, -0.2) is 57.2 Å². The molecule has 1 amide bonds. The number of carbonyl (C=O) groups excluding carboxylic acids is 1. The van der Waals surface area contributed by atoms with Gasteiger partial charge in [-0.3, -0.25) is 4.79 Å². The van der Waals surface area contributed by atoms with Gasteiger partial charge in [0.15, 0.2) is 14.6 Å². The molecule has 2 unspecified atom stereocenters. The molecule has 6 nitrogen and oxygen atoms in total. The maximum absolute atomic E-state index is 12.9. The van der Waals surface area contributed by atoms with Crippen LogP contribution in [0.25, 0.3) is 0 Å². The molecule has 132 valence electrons. The summed E-state index contributed by atoms with van der Waals surface area (Å²) in [6, 6.07) is 0.0637. The van der Waals surface area contributed by atoms with Crippen LogP contribution in [0.4, 0.5) is 0 Å². The average Bonchev–Trinajstić information content (AvgIpc) is 2.43. The standard InChI is InChI=1S/C16H28N2O4S/c1-3-22-13-11-12(15(13)5-4-6-15)18-14(19)16(23(2,20)21)7-9-17-10-8-16/h12-13,17H,3-11H2,1-2H3,(H,18,19). The van der Waals surface area contributed by atoms with E-state index in [9.17, 15) is 13.2 Å². The van der Waals surface area contributed by atoms with Gasteiger partial charge < -0.3 is 15.4 Å². The Morgan fingerprint density at radius 1 is 1.26 bits per heavy atom. The molecule has 3 rings (SSSR count). The summed E-state index contributed by atoms with van der Waals surface area (Å²) in [5.74, 6) is -0.298. The molecule has 0 radical (unpaired) electrons. The SMILES string of the molecule is CCOC1CC(NC(=O)C2(S(C)(=O)=O)CCNCC2)C12CCC2. The summed E-state index contributed by atoms with van der Waals surface area (Å²) in [6.45, 7) is 3.81. The van der Waals surface area contributed by atoms with E-state index in [-0.39, 0.29) is 23.5 Å². The predicted molar refractivity (Wildman–Crippen MR) is 87.9 cm³/mol. The Kier molecular flexibility index (Phi) is 4.48. The zero-order chi connectivity index (χ0) is 16.7. The van der Waals surface area contributed by atoms with E-state index in [1.54, 1.807) is 0 Å². The van der Waals surface area contributed by atoms with Crippen LogP contribution in [0.15, 0.2) is 0 Å². The number of carbonyl (C=O) groups is 1. The van der Waals surface area contributed by atoms with Gasteiger partial charge in [-0.05, 0) is 52.1 Å². The lowest BCUT2D eigenvalue weighted by Crippen LogP contribution is -2.70. The molecule has 1 aliphatic heterocycles. The molecule has 7 heteroatoms. The zero-order valence-corrected chi connectivity index (χ0v) is 14.9. The lowest BCUT2D eigenvalue weighted by Gasteiger charge is -2.61. The van der Waals surface area contributed by atoms with Crippen molar-refractivity contribution in [3.8, 4) is 0 Å². The minimum Gasteiger partial charge on any atom is -0.378 e. The Morgan fingerprint density at radius 2 is 1.91 bits per heavy atom. The van der Waals surface area contributed by atoms with Crippen LogP contribution in [0.2, 0.25) is 0 Å². The lowest BCUT2D eigenvalue weighted by molar-refractivity contribution is -0.176. The molecule has 1 spiro atoms. The van der Waals surface area contributed by atoms with Crippen molar-refractivity contribution in [3.05, 3.63) is 0 Å². The first-order valence-corrected chi connectivity index (χ1v) is 10.6. The third-order valence-electron chi connectivity index (χ3n) is 6.28. The Bertz CT molecular complexity index is 565. The summed E-state index contributed by atoms with van der Waals surface area (Å²) in [7, 11) is -3.45. The van der Waals surface area contributed by atoms with Crippen LogP contribution in [0.3, 0.4) is 0 Å². The molecule has 2 aliphatic carbocycles. The quantitative estimate of drug-likeness (QED) is 0.764. The maximum Gasteiger partial charge on any atom is 0.241 e. The van der Waals surface area contributed by atoms with E-state index in [0.29, 0.717) is 32.5 Å². The molecule has 1 heterocycles. The first-order valence-electron chi connectivity index (χ1n) is 8.69. The molecular weight excluding hydrogens is 316 g/mol. The minimum atomic E-state index is -3.45. The molecule has 3 aliphatic rings. The third-order valence-corrected chi connectivity index (χ3v) is 8.29. The number of hydrogen-bond donors (Lipinski definition) is 2. The number of piperidine rings is 1. The zero-order valence-electron chi connectivity index (χ0n) is 14.1. The van der Waals surface area contributed by atoms with Crippen LogP contribution in [0, 0.1) is 5.41 Å². The molecule has 0 aromatic heterocycles. The maximum atomic E-state index is 12.9. The fourth-order valence-corrected chi connectivity index (χ4v) is 5.87. The Morgan fingerprint density at radius 3 is 2.39 bits per heavy atom. The predicted octanol–water partition coefficient (Wildman–Crippen LogP) is 0.617. The van der Waals surface area contributed by atoms with Crippen LogP contribution in [0.1, 0.15) is 45.4 Å². The Hall–Kier alpha value is -0.660. The normalized spacial score (nSPS) is 31.9. The molecule has 23 heavy (non-hydrogen) atoms. The summed E-state index contributed by atoms with van der Waals surface area (Å²) >= 11 is 0. The van der Waals surface area contributed by atoms with Gasteiger partial charge in [-0.15, -0.1) is 0 Å². The Labute approximate surface area is 138 Å². The first kappa shape index (κ1) is 17.2. The largest absolute Gasteiger partial charge is 0.378 e. The summed E-state index contributed by atoms with van der Waals surface area (Å²) in [4.78, 5) is 12.9. The van der Waals surface area contributed by atoms with Crippen molar-refractivity contribution in [2.45, 2.75) is 62.3 Å². The highest BCUT2D eigenvalue weighted by Crippen LogP contribution is 2.57. The van der Waals surface area contributed by atoms with Gasteiger partial charge in [-0.1, -0.05) is 6.42 Å². The number of sulfone groups is 1. The number of nitrogens with one attached hydrogen (secondary N) is 2. The minimum absolute atomic E-state index is 0.0529. The average molecular weight is 344 g/mol. The summed E-state index contributed by atoms with van der Waals surface area (Å²) in [5.41, 5.74) is 0.0529. The Balaban J connectivity index is 1.73. The van der Waals surface area contributed by atoms with Gasteiger partial charge in [-0.25, -0.2) is 8.42 Å². The topological polar surface area (TPSA) is 84.5 Å². The molecular formula is C16H28N2O4S. The monoisotopic (exact) mass is 344 g/mol.